The summed E-state index contributed by atoms with van der Waals surface area (Å²) in [4.78, 5) is 11.8. The Balaban J connectivity index is 2.72. The van der Waals surface area contributed by atoms with Gasteiger partial charge in [-0.15, -0.1) is 0 Å². The van der Waals surface area contributed by atoms with E-state index in [1.165, 1.54) is 12.1 Å². The van der Waals surface area contributed by atoms with Crippen molar-refractivity contribution in [2.45, 2.75) is 13.8 Å². The lowest BCUT2D eigenvalue weighted by Crippen LogP contribution is -2.26. The first-order chi connectivity index (χ1) is 7.16. The molecule has 3 heteroatoms. The van der Waals surface area contributed by atoms with Crippen LogP contribution in [0.5, 0.6) is 0 Å². The zero-order valence-corrected chi connectivity index (χ0v) is 9.09. The molecule has 2 nitrogen and oxygen atoms in total. The molecule has 1 atom stereocenters. The minimum atomic E-state index is -0.439. The molecule has 0 aliphatic heterocycles. The number of halogens is 1. The van der Waals surface area contributed by atoms with Crippen LogP contribution in [0.3, 0.4) is 0 Å². The van der Waals surface area contributed by atoms with E-state index in [0.717, 1.165) is 6.54 Å². The molecule has 1 N–H and O–H groups in total. The largest absolute Gasteiger partial charge is 0.316 e. The van der Waals surface area contributed by atoms with E-state index >= 15 is 0 Å². The van der Waals surface area contributed by atoms with Gasteiger partial charge in [-0.3, -0.25) is 4.79 Å². The lowest BCUT2D eigenvalue weighted by molar-refractivity contribution is 0.0925. The van der Waals surface area contributed by atoms with Crippen molar-refractivity contribution in [2.24, 2.45) is 5.92 Å². The maximum Gasteiger partial charge on any atom is 0.169 e. The summed E-state index contributed by atoms with van der Waals surface area (Å²) in [6.45, 7) is 5.18. The van der Waals surface area contributed by atoms with E-state index in [2.05, 4.69) is 5.32 Å². The first-order valence-corrected chi connectivity index (χ1v) is 5.16. The van der Waals surface area contributed by atoms with Gasteiger partial charge >= 0.3 is 0 Å². The third-order valence-electron chi connectivity index (χ3n) is 2.29. The molecular weight excluding hydrogens is 193 g/mol. The highest BCUT2D eigenvalue weighted by Gasteiger charge is 2.17. The van der Waals surface area contributed by atoms with Crippen molar-refractivity contribution in [3.63, 3.8) is 0 Å². The van der Waals surface area contributed by atoms with Crippen LogP contribution in [0.1, 0.15) is 24.2 Å². The van der Waals surface area contributed by atoms with E-state index in [0.29, 0.717) is 6.54 Å². The van der Waals surface area contributed by atoms with Gasteiger partial charge in [0.15, 0.2) is 5.78 Å². The highest BCUT2D eigenvalue weighted by Crippen LogP contribution is 2.12. The van der Waals surface area contributed by atoms with Crippen LogP contribution in [0.4, 0.5) is 4.39 Å². The summed E-state index contributed by atoms with van der Waals surface area (Å²) < 4.78 is 13.3. The zero-order chi connectivity index (χ0) is 11.3. The third kappa shape index (κ3) is 3.13. The Morgan fingerprint density at radius 1 is 1.47 bits per heavy atom. The van der Waals surface area contributed by atoms with E-state index in [1.54, 1.807) is 19.1 Å². The van der Waals surface area contributed by atoms with E-state index in [9.17, 15) is 9.18 Å². The summed E-state index contributed by atoms with van der Waals surface area (Å²) in [5, 5.41) is 3.07. The molecule has 0 amide bonds. The number of carbonyl (C=O) groups is 1. The fourth-order valence-corrected chi connectivity index (χ4v) is 1.38. The number of hydrogen-bond donors (Lipinski definition) is 1. The van der Waals surface area contributed by atoms with Crippen LogP contribution in [0.25, 0.3) is 0 Å². The second-order valence-corrected chi connectivity index (χ2v) is 3.55. The molecule has 1 unspecified atom stereocenters. The Morgan fingerprint density at radius 2 is 2.13 bits per heavy atom. The van der Waals surface area contributed by atoms with Crippen molar-refractivity contribution >= 4 is 5.78 Å². The molecule has 0 saturated heterocycles. The van der Waals surface area contributed by atoms with Crippen LogP contribution >= 0.6 is 0 Å². The van der Waals surface area contributed by atoms with Crippen LogP contribution in [0.2, 0.25) is 0 Å². The number of rotatable bonds is 5. The first-order valence-electron chi connectivity index (χ1n) is 5.16. The molecule has 82 valence electrons. The zero-order valence-electron chi connectivity index (χ0n) is 9.09. The molecule has 0 saturated carbocycles. The Kier molecular flexibility index (Phi) is 4.43. The van der Waals surface area contributed by atoms with E-state index in [-0.39, 0.29) is 17.3 Å². The Morgan fingerprint density at radius 3 is 2.73 bits per heavy atom. The quantitative estimate of drug-likeness (QED) is 0.754. The van der Waals surface area contributed by atoms with Crippen LogP contribution in [-0.4, -0.2) is 18.9 Å². The molecule has 0 spiro atoms. The maximum atomic E-state index is 13.3. The standard InChI is InChI=1S/C12H16FNO/c1-3-14-8-9(2)12(15)10-6-4-5-7-11(10)13/h4-7,9,14H,3,8H2,1-2H3. The predicted molar refractivity (Wildman–Crippen MR) is 58.4 cm³/mol. The van der Waals surface area contributed by atoms with Gasteiger partial charge in [-0.1, -0.05) is 26.0 Å². The molecule has 1 aromatic carbocycles. The van der Waals surface area contributed by atoms with Crippen molar-refractivity contribution in [2.75, 3.05) is 13.1 Å². The average molecular weight is 209 g/mol. The molecule has 1 aromatic rings. The minimum absolute atomic E-state index is 0.144. The summed E-state index contributed by atoms with van der Waals surface area (Å²) in [5.41, 5.74) is 0.183. The number of benzene rings is 1. The molecule has 0 aromatic heterocycles. The van der Waals surface area contributed by atoms with Gasteiger partial charge in [0.2, 0.25) is 0 Å². The summed E-state index contributed by atoms with van der Waals surface area (Å²) in [7, 11) is 0. The lowest BCUT2D eigenvalue weighted by atomic mass is 9.99. The molecule has 0 bridgehead atoms. The van der Waals surface area contributed by atoms with Crippen molar-refractivity contribution in [3.8, 4) is 0 Å². The predicted octanol–water partition coefficient (Wildman–Crippen LogP) is 2.25. The van der Waals surface area contributed by atoms with Gasteiger partial charge in [0.25, 0.3) is 0 Å². The smallest absolute Gasteiger partial charge is 0.169 e. The fourth-order valence-electron chi connectivity index (χ4n) is 1.38. The van der Waals surface area contributed by atoms with E-state index < -0.39 is 5.82 Å². The minimum Gasteiger partial charge on any atom is -0.316 e. The van der Waals surface area contributed by atoms with Crippen LogP contribution in [0, 0.1) is 11.7 Å². The highest BCUT2D eigenvalue weighted by atomic mass is 19.1. The number of hydrogen-bond acceptors (Lipinski definition) is 2. The number of carbonyl (C=O) groups excluding carboxylic acids is 1. The fraction of sp³-hybridized carbons (Fsp3) is 0.417. The van der Waals surface area contributed by atoms with Gasteiger partial charge in [0.1, 0.15) is 5.82 Å². The number of ketones is 1. The first kappa shape index (κ1) is 11.9. The summed E-state index contributed by atoms with van der Waals surface area (Å²) in [6.07, 6.45) is 0. The van der Waals surface area contributed by atoms with E-state index in [1.807, 2.05) is 6.92 Å². The van der Waals surface area contributed by atoms with Crippen LogP contribution in [0.15, 0.2) is 24.3 Å². The SMILES string of the molecule is CCNCC(C)C(=O)c1ccccc1F. The monoisotopic (exact) mass is 209 g/mol. The van der Waals surface area contributed by atoms with Gasteiger partial charge in [-0.2, -0.15) is 0 Å². The second-order valence-electron chi connectivity index (χ2n) is 3.55. The summed E-state index contributed by atoms with van der Waals surface area (Å²) >= 11 is 0. The molecule has 1 rings (SSSR count). The molecule has 0 fully saturated rings. The van der Waals surface area contributed by atoms with Crippen molar-refractivity contribution in [1.29, 1.82) is 0 Å². The van der Waals surface area contributed by atoms with E-state index in [4.69, 9.17) is 0 Å². The van der Waals surface area contributed by atoms with Gasteiger partial charge in [-0.25, -0.2) is 4.39 Å². The normalized spacial score (nSPS) is 12.5. The maximum absolute atomic E-state index is 13.3. The van der Waals surface area contributed by atoms with Gasteiger partial charge in [0, 0.05) is 12.5 Å². The number of nitrogens with one attached hydrogen (secondary N) is 1. The van der Waals surface area contributed by atoms with Gasteiger partial charge in [0.05, 0.1) is 5.56 Å². The Bertz CT molecular complexity index is 338. The highest BCUT2D eigenvalue weighted by molar-refractivity contribution is 5.97. The molecule has 0 aliphatic carbocycles. The molecule has 0 aliphatic rings. The lowest BCUT2D eigenvalue weighted by Gasteiger charge is -2.11. The third-order valence-corrected chi connectivity index (χ3v) is 2.29. The number of Topliss-reactive ketones (excluding diaryl/α,β-unsaturated/α-hetero) is 1. The topological polar surface area (TPSA) is 29.1 Å². The van der Waals surface area contributed by atoms with Crippen molar-refractivity contribution < 1.29 is 9.18 Å². The average Bonchev–Trinajstić information content (AvgIpc) is 2.25. The van der Waals surface area contributed by atoms with Crippen LogP contribution < -0.4 is 5.32 Å². The molecule has 0 radical (unpaired) electrons. The van der Waals surface area contributed by atoms with Crippen molar-refractivity contribution in [3.05, 3.63) is 35.6 Å². The summed E-state index contributed by atoms with van der Waals surface area (Å²) in [5.74, 6) is -0.776. The molecule has 0 heterocycles. The van der Waals surface area contributed by atoms with Gasteiger partial charge < -0.3 is 5.32 Å². The van der Waals surface area contributed by atoms with Gasteiger partial charge in [-0.05, 0) is 18.7 Å². The van der Waals surface area contributed by atoms with Crippen LogP contribution in [-0.2, 0) is 0 Å². The second kappa shape index (κ2) is 5.61. The molecular formula is C12H16FNO. The Hall–Kier alpha value is -1.22. The summed E-state index contributed by atoms with van der Waals surface area (Å²) in [6, 6.07) is 6.10. The van der Waals surface area contributed by atoms with Crippen molar-refractivity contribution in [1.82, 2.24) is 5.32 Å². The molecule has 15 heavy (non-hydrogen) atoms. The Labute approximate surface area is 89.5 Å².